The number of fused-ring (bicyclic) bond motifs is 1. The van der Waals surface area contributed by atoms with Gasteiger partial charge in [0.25, 0.3) is 0 Å². The summed E-state index contributed by atoms with van der Waals surface area (Å²) >= 11 is 0. The van der Waals surface area contributed by atoms with E-state index in [1.54, 1.807) is 0 Å². The maximum Gasteiger partial charge on any atom is 0.158 e. The Morgan fingerprint density at radius 3 is 2.62 bits per heavy atom. The van der Waals surface area contributed by atoms with Crippen LogP contribution in [0.5, 0.6) is 0 Å². The summed E-state index contributed by atoms with van der Waals surface area (Å²) < 4.78 is 0. The highest BCUT2D eigenvalue weighted by Crippen LogP contribution is 2.24. The summed E-state index contributed by atoms with van der Waals surface area (Å²) in [6, 6.07) is 8.37. The zero-order chi connectivity index (χ0) is 14.7. The highest BCUT2D eigenvalue weighted by molar-refractivity contribution is 5.93. The molecule has 3 rings (SSSR count). The van der Waals surface area contributed by atoms with Gasteiger partial charge in [-0.1, -0.05) is 24.3 Å². The van der Waals surface area contributed by atoms with Crippen LogP contribution in [0.4, 0.5) is 5.82 Å². The summed E-state index contributed by atoms with van der Waals surface area (Å²) in [5, 5.41) is 14.5. The molecule has 1 aromatic heterocycles. The van der Waals surface area contributed by atoms with Gasteiger partial charge in [0.1, 0.15) is 0 Å². The van der Waals surface area contributed by atoms with Crippen molar-refractivity contribution in [2.75, 3.05) is 51.2 Å². The molecule has 0 spiro atoms. The molecule has 1 N–H and O–H groups in total. The van der Waals surface area contributed by atoms with Gasteiger partial charge in [-0.25, -0.2) is 0 Å². The number of anilines is 1. The lowest BCUT2D eigenvalue weighted by molar-refractivity contribution is 0.246. The number of hydrogen-bond donors (Lipinski definition) is 1. The van der Waals surface area contributed by atoms with Crippen molar-refractivity contribution < 1.29 is 0 Å². The van der Waals surface area contributed by atoms with Crippen LogP contribution >= 0.6 is 0 Å². The van der Waals surface area contributed by atoms with Crippen LogP contribution < -0.4 is 10.2 Å². The first-order chi connectivity index (χ1) is 10.3. The molecule has 2 heterocycles. The second kappa shape index (κ2) is 6.37. The van der Waals surface area contributed by atoms with Crippen LogP contribution in [0, 0.1) is 6.92 Å². The predicted molar refractivity (Wildman–Crippen MR) is 86.9 cm³/mol. The summed E-state index contributed by atoms with van der Waals surface area (Å²) in [6.45, 7) is 8.51. The van der Waals surface area contributed by atoms with Gasteiger partial charge in [0.15, 0.2) is 5.82 Å². The lowest BCUT2D eigenvalue weighted by Crippen LogP contribution is -2.46. The molecule has 0 amide bonds. The number of aryl methyl sites for hydroxylation is 1. The second-order valence-electron chi connectivity index (χ2n) is 5.67. The molecule has 1 fully saturated rings. The number of nitrogens with one attached hydrogen (secondary N) is 1. The van der Waals surface area contributed by atoms with Crippen molar-refractivity contribution in [2.45, 2.75) is 6.92 Å². The Labute approximate surface area is 126 Å². The van der Waals surface area contributed by atoms with Crippen molar-refractivity contribution in [3.05, 3.63) is 30.0 Å². The maximum atomic E-state index is 4.42. The number of nitrogens with zero attached hydrogens (tertiary/aromatic N) is 4. The van der Waals surface area contributed by atoms with Gasteiger partial charge in [-0.3, -0.25) is 4.90 Å². The summed E-state index contributed by atoms with van der Waals surface area (Å²) in [4.78, 5) is 4.72. The molecular formula is C16H23N5. The van der Waals surface area contributed by atoms with Crippen LogP contribution in [0.1, 0.15) is 5.69 Å². The summed E-state index contributed by atoms with van der Waals surface area (Å²) in [7, 11) is 2.11. The first kappa shape index (κ1) is 14.2. The summed E-state index contributed by atoms with van der Waals surface area (Å²) in [5.74, 6) is 0.978. The van der Waals surface area contributed by atoms with Crippen molar-refractivity contribution in [3.8, 4) is 0 Å². The molecule has 1 aliphatic heterocycles. The Hall–Kier alpha value is -1.72. The number of likely N-dealkylation sites (N-methyl/N-ethyl adjacent to an activating group) is 1. The minimum Gasteiger partial charge on any atom is -0.356 e. The molecule has 0 atom stereocenters. The van der Waals surface area contributed by atoms with E-state index >= 15 is 0 Å². The fourth-order valence-electron chi connectivity index (χ4n) is 2.84. The molecular weight excluding hydrogens is 262 g/mol. The van der Waals surface area contributed by atoms with E-state index in [4.69, 9.17) is 0 Å². The molecule has 0 bridgehead atoms. The normalized spacial score (nSPS) is 16.3. The van der Waals surface area contributed by atoms with Gasteiger partial charge in [-0.05, 0) is 6.92 Å². The summed E-state index contributed by atoms with van der Waals surface area (Å²) in [6.07, 6.45) is 0. The molecule has 0 saturated carbocycles. The smallest absolute Gasteiger partial charge is 0.158 e. The standard InChI is InChI=1S/C16H23N5/c1-13-14-5-3-4-6-15(14)16(19-18-13)20(2)11-12-21-9-7-17-8-10-21/h3-6,17H,7-12H2,1-2H3. The second-order valence-corrected chi connectivity index (χ2v) is 5.67. The molecule has 0 aliphatic carbocycles. The topological polar surface area (TPSA) is 44.3 Å². The van der Waals surface area contributed by atoms with Gasteiger partial charge in [0.2, 0.25) is 0 Å². The molecule has 1 aliphatic rings. The molecule has 5 nitrogen and oxygen atoms in total. The van der Waals surface area contributed by atoms with Crippen molar-refractivity contribution in [1.82, 2.24) is 20.4 Å². The van der Waals surface area contributed by atoms with E-state index in [0.717, 1.165) is 50.8 Å². The first-order valence-corrected chi connectivity index (χ1v) is 7.62. The number of piperazine rings is 1. The van der Waals surface area contributed by atoms with Gasteiger partial charge in [0, 0.05) is 57.1 Å². The largest absolute Gasteiger partial charge is 0.356 e. The Balaban J connectivity index is 1.75. The van der Waals surface area contributed by atoms with Crippen LogP contribution in [0.15, 0.2) is 24.3 Å². The fourth-order valence-corrected chi connectivity index (χ4v) is 2.84. The van der Waals surface area contributed by atoms with E-state index in [-0.39, 0.29) is 0 Å². The number of rotatable bonds is 4. The van der Waals surface area contributed by atoms with Crippen molar-refractivity contribution in [3.63, 3.8) is 0 Å². The van der Waals surface area contributed by atoms with Crippen molar-refractivity contribution >= 4 is 16.6 Å². The van der Waals surface area contributed by atoms with E-state index in [2.05, 4.69) is 56.6 Å². The summed E-state index contributed by atoms with van der Waals surface area (Å²) in [5.41, 5.74) is 0.991. The molecule has 5 heteroatoms. The van der Waals surface area contributed by atoms with Gasteiger partial charge in [-0.15, -0.1) is 5.10 Å². The molecule has 2 aromatic rings. The molecule has 112 valence electrons. The third-order valence-corrected chi connectivity index (χ3v) is 4.18. The number of aromatic nitrogens is 2. The number of hydrogen-bond acceptors (Lipinski definition) is 5. The monoisotopic (exact) mass is 285 g/mol. The minimum absolute atomic E-state index is 0.974. The molecule has 1 aromatic carbocycles. The molecule has 0 radical (unpaired) electrons. The molecule has 21 heavy (non-hydrogen) atoms. The maximum absolute atomic E-state index is 4.42. The molecule has 0 unspecified atom stereocenters. The Morgan fingerprint density at radius 2 is 1.86 bits per heavy atom. The van der Waals surface area contributed by atoms with Crippen LogP contribution in [-0.2, 0) is 0 Å². The SMILES string of the molecule is Cc1nnc(N(C)CCN2CCNCC2)c2ccccc12. The zero-order valence-corrected chi connectivity index (χ0v) is 12.8. The van der Waals surface area contributed by atoms with Crippen LogP contribution in [0.3, 0.4) is 0 Å². The van der Waals surface area contributed by atoms with E-state index in [9.17, 15) is 0 Å². The van der Waals surface area contributed by atoms with Gasteiger partial charge < -0.3 is 10.2 Å². The Bertz CT molecular complexity index is 607. The minimum atomic E-state index is 0.974. The predicted octanol–water partition coefficient (Wildman–Crippen LogP) is 1.28. The Kier molecular flexibility index (Phi) is 4.31. The Morgan fingerprint density at radius 1 is 1.14 bits per heavy atom. The van der Waals surface area contributed by atoms with Gasteiger partial charge in [0.05, 0.1) is 5.69 Å². The van der Waals surface area contributed by atoms with Crippen molar-refractivity contribution in [1.29, 1.82) is 0 Å². The van der Waals surface area contributed by atoms with Gasteiger partial charge >= 0.3 is 0 Å². The van der Waals surface area contributed by atoms with E-state index in [1.807, 2.05) is 6.92 Å². The van der Waals surface area contributed by atoms with Crippen molar-refractivity contribution in [2.24, 2.45) is 0 Å². The van der Waals surface area contributed by atoms with E-state index < -0.39 is 0 Å². The van der Waals surface area contributed by atoms with Gasteiger partial charge in [-0.2, -0.15) is 5.10 Å². The highest BCUT2D eigenvalue weighted by atomic mass is 15.3. The molecule has 1 saturated heterocycles. The fraction of sp³-hybridized carbons (Fsp3) is 0.500. The first-order valence-electron chi connectivity index (χ1n) is 7.62. The third-order valence-electron chi connectivity index (χ3n) is 4.18. The number of benzene rings is 1. The van der Waals surface area contributed by atoms with E-state index in [1.165, 1.54) is 10.8 Å². The lowest BCUT2D eigenvalue weighted by atomic mass is 10.1. The average molecular weight is 285 g/mol. The van der Waals surface area contributed by atoms with E-state index in [0.29, 0.717) is 0 Å². The third kappa shape index (κ3) is 3.14. The average Bonchev–Trinajstić information content (AvgIpc) is 2.54. The van der Waals surface area contributed by atoms with Crippen LogP contribution in [0.2, 0.25) is 0 Å². The van der Waals surface area contributed by atoms with Crippen LogP contribution in [-0.4, -0.2) is 61.4 Å². The zero-order valence-electron chi connectivity index (χ0n) is 12.8. The van der Waals surface area contributed by atoms with Crippen LogP contribution in [0.25, 0.3) is 10.8 Å². The highest BCUT2D eigenvalue weighted by Gasteiger charge is 2.13. The lowest BCUT2D eigenvalue weighted by Gasteiger charge is -2.29. The quantitative estimate of drug-likeness (QED) is 0.917.